The van der Waals surface area contributed by atoms with E-state index in [1.54, 1.807) is 6.26 Å². The standard InChI is InChI=1S/C17H23N3O3S/c1-3-12-10-13(4-5-15(12)24(2)21)17-19-16(23-20-17)11-22-14-6-8-18-9-7-14/h4-5,10,14,18H,3,6-9,11H2,1-2H3. The van der Waals surface area contributed by atoms with Crippen LogP contribution in [0.1, 0.15) is 31.2 Å². The first kappa shape index (κ1) is 17.3. The van der Waals surface area contributed by atoms with Crippen LogP contribution in [0.2, 0.25) is 0 Å². The SMILES string of the molecule is CCc1cc(-c2noc(COC3CCNCC3)n2)ccc1S(C)=O. The normalized spacial score (nSPS) is 17.1. The Kier molecular flexibility index (Phi) is 5.76. The number of hydrogen-bond donors (Lipinski definition) is 1. The van der Waals surface area contributed by atoms with Gasteiger partial charge in [0.1, 0.15) is 6.61 Å². The summed E-state index contributed by atoms with van der Waals surface area (Å²) in [6.07, 6.45) is 4.78. The van der Waals surface area contributed by atoms with Crippen LogP contribution >= 0.6 is 0 Å². The Hall–Kier alpha value is -1.57. The molecule has 0 amide bonds. The summed E-state index contributed by atoms with van der Waals surface area (Å²) in [6, 6.07) is 5.75. The van der Waals surface area contributed by atoms with Gasteiger partial charge >= 0.3 is 0 Å². The molecule has 1 aromatic carbocycles. The Labute approximate surface area is 144 Å². The third kappa shape index (κ3) is 4.09. The van der Waals surface area contributed by atoms with Gasteiger partial charge in [0, 0.05) is 16.7 Å². The molecule has 0 saturated carbocycles. The van der Waals surface area contributed by atoms with Gasteiger partial charge in [-0.15, -0.1) is 0 Å². The van der Waals surface area contributed by atoms with E-state index in [9.17, 15) is 4.21 Å². The lowest BCUT2D eigenvalue weighted by atomic mass is 10.1. The summed E-state index contributed by atoms with van der Waals surface area (Å²) < 4.78 is 22.9. The number of aromatic nitrogens is 2. The van der Waals surface area contributed by atoms with Crippen molar-refractivity contribution in [2.24, 2.45) is 0 Å². The van der Waals surface area contributed by atoms with E-state index in [1.807, 2.05) is 25.1 Å². The van der Waals surface area contributed by atoms with Gasteiger partial charge in [0.2, 0.25) is 5.82 Å². The fourth-order valence-corrected chi connectivity index (χ4v) is 3.69. The van der Waals surface area contributed by atoms with Gasteiger partial charge in [-0.05, 0) is 56.1 Å². The summed E-state index contributed by atoms with van der Waals surface area (Å²) in [6.45, 7) is 4.37. The molecule has 3 rings (SSSR count). The summed E-state index contributed by atoms with van der Waals surface area (Å²) in [5.41, 5.74) is 1.92. The van der Waals surface area contributed by atoms with Crippen LogP contribution in [-0.4, -0.2) is 39.8 Å². The van der Waals surface area contributed by atoms with Crippen LogP contribution in [0.25, 0.3) is 11.4 Å². The quantitative estimate of drug-likeness (QED) is 0.862. The lowest BCUT2D eigenvalue weighted by Crippen LogP contribution is -2.32. The van der Waals surface area contributed by atoms with E-state index in [2.05, 4.69) is 15.5 Å². The van der Waals surface area contributed by atoms with E-state index in [0.717, 1.165) is 48.4 Å². The zero-order valence-electron chi connectivity index (χ0n) is 14.1. The number of benzene rings is 1. The molecule has 0 bridgehead atoms. The van der Waals surface area contributed by atoms with Crippen LogP contribution in [0.4, 0.5) is 0 Å². The molecule has 0 radical (unpaired) electrons. The molecule has 1 aliphatic heterocycles. The Bertz CT molecular complexity index is 711. The Morgan fingerprint density at radius 2 is 2.17 bits per heavy atom. The molecular formula is C17H23N3O3S. The number of ether oxygens (including phenoxy) is 1. The summed E-state index contributed by atoms with van der Waals surface area (Å²) in [5, 5.41) is 7.35. The highest BCUT2D eigenvalue weighted by Crippen LogP contribution is 2.23. The summed E-state index contributed by atoms with van der Waals surface area (Å²) >= 11 is 0. The average Bonchev–Trinajstić information content (AvgIpc) is 3.09. The molecule has 1 N–H and O–H groups in total. The predicted octanol–water partition coefficient (Wildman–Crippen LogP) is 2.30. The molecule has 1 atom stereocenters. The van der Waals surface area contributed by atoms with Crippen molar-refractivity contribution in [3.63, 3.8) is 0 Å². The van der Waals surface area contributed by atoms with Crippen LogP contribution < -0.4 is 5.32 Å². The van der Waals surface area contributed by atoms with E-state index in [1.165, 1.54) is 0 Å². The maximum atomic E-state index is 11.8. The largest absolute Gasteiger partial charge is 0.368 e. The van der Waals surface area contributed by atoms with Crippen LogP contribution in [0, 0.1) is 0 Å². The molecular weight excluding hydrogens is 326 g/mol. The minimum Gasteiger partial charge on any atom is -0.368 e. The lowest BCUT2D eigenvalue weighted by Gasteiger charge is -2.21. The van der Waals surface area contributed by atoms with E-state index in [4.69, 9.17) is 9.26 Å². The maximum Gasteiger partial charge on any atom is 0.252 e. The maximum absolute atomic E-state index is 11.8. The third-order valence-corrected chi connectivity index (χ3v) is 5.22. The fraction of sp³-hybridized carbons (Fsp3) is 0.529. The first-order valence-electron chi connectivity index (χ1n) is 8.29. The van der Waals surface area contributed by atoms with Crippen molar-refractivity contribution in [2.45, 2.75) is 43.8 Å². The Morgan fingerprint density at radius 3 is 2.88 bits per heavy atom. The summed E-state index contributed by atoms with van der Waals surface area (Å²) in [5.74, 6) is 1.03. The number of nitrogens with one attached hydrogen (secondary N) is 1. The fourth-order valence-electron chi connectivity index (χ4n) is 2.86. The molecule has 1 unspecified atom stereocenters. The highest BCUT2D eigenvalue weighted by Gasteiger charge is 2.16. The van der Waals surface area contributed by atoms with Crippen molar-refractivity contribution in [3.8, 4) is 11.4 Å². The second-order valence-electron chi connectivity index (χ2n) is 5.90. The average molecular weight is 349 g/mol. The van der Waals surface area contributed by atoms with Crippen LogP contribution in [-0.2, 0) is 28.6 Å². The van der Waals surface area contributed by atoms with Crippen molar-refractivity contribution in [1.82, 2.24) is 15.5 Å². The molecule has 0 aliphatic carbocycles. The number of hydrogen-bond acceptors (Lipinski definition) is 6. The molecule has 2 heterocycles. The molecule has 2 aromatic rings. The number of piperidine rings is 1. The van der Waals surface area contributed by atoms with E-state index in [0.29, 0.717) is 18.3 Å². The van der Waals surface area contributed by atoms with Gasteiger partial charge in [-0.1, -0.05) is 12.1 Å². The van der Waals surface area contributed by atoms with Crippen LogP contribution in [0.3, 0.4) is 0 Å². The van der Waals surface area contributed by atoms with Gasteiger partial charge in [-0.2, -0.15) is 4.98 Å². The van der Waals surface area contributed by atoms with Gasteiger partial charge in [0.25, 0.3) is 5.89 Å². The van der Waals surface area contributed by atoms with Gasteiger partial charge in [0.15, 0.2) is 0 Å². The van der Waals surface area contributed by atoms with Gasteiger partial charge in [0.05, 0.1) is 16.9 Å². The zero-order valence-corrected chi connectivity index (χ0v) is 14.9. The van der Waals surface area contributed by atoms with Gasteiger partial charge in [-0.3, -0.25) is 4.21 Å². The molecule has 130 valence electrons. The van der Waals surface area contributed by atoms with Crippen molar-refractivity contribution < 1.29 is 13.5 Å². The summed E-state index contributed by atoms with van der Waals surface area (Å²) in [7, 11) is -0.995. The predicted molar refractivity (Wildman–Crippen MR) is 92.1 cm³/mol. The molecule has 7 heteroatoms. The van der Waals surface area contributed by atoms with Gasteiger partial charge in [-0.25, -0.2) is 0 Å². The first-order chi connectivity index (χ1) is 11.7. The van der Waals surface area contributed by atoms with E-state index in [-0.39, 0.29) is 6.10 Å². The lowest BCUT2D eigenvalue weighted by molar-refractivity contribution is 0.00859. The van der Waals surface area contributed by atoms with Crippen molar-refractivity contribution in [2.75, 3.05) is 19.3 Å². The van der Waals surface area contributed by atoms with E-state index < -0.39 is 10.8 Å². The molecule has 1 aromatic heterocycles. The Balaban J connectivity index is 1.69. The molecule has 1 saturated heterocycles. The smallest absolute Gasteiger partial charge is 0.252 e. The minimum absolute atomic E-state index is 0.257. The highest BCUT2D eigenvalue weighted by molar-refractivity contribution is 7.84. The van der Waals surface area contributed by atoms with Crippen molar-refractivity contribution in [3.05, 3.63) is 29.7 Å². The van der Waals surface area contributed by atoms with Crippen molar-refractivity contribution in [1.29, 1.82) is 0 Å². The monoisotopic (exact) mass is 349 g/mol. The minimum atomic E-state index is -0.995. The Morgan fingerprint density at radius 1 is 1.38 bits per heavy atom. The number of nitrogens with zero attached hydrogens (tertiary/aromatic N) is 2. The molecule has 24 heavy (non-hydrogen) atoms. The van der Waals surface area contributed by atoms with Crippen LogP contribution in [0.5, 0.6) is 0 Å². The topological polar surface area (TPSA) is 77.2 Å². The van der Waals surface area contributed by atoms with Gasteiger partial charge < -0.3 is 14.6 Å². The highest BCUT2D eigenvalue weighted by atomic mass is 32.2. The second-order valence-corrected chi connectivity index (χ2v) is 7.25. The van der Waals surface area contributed by atoms with Crippen molar-refractivity contribution >= 4 is 10.8 Å². The second kappa shape index (κ2) is 8.00. The summed E-state index contributed by atoms with van der Waals surface area (Å²) in [4.78, 5) is 5.28. The van der Waals surface area contributed by atoms with E-state index >= 15 is 0 Å². The number of aryl methyl sites for hydroxylation is 1. The first-order valence-corrected chi connectivity index (χ1v) is 9.84. The van der Waals surface area contributed by atoms with Crippen LogP contribution in [0.15, 0.2) is 27.6 Å². The molecule has 6 nitrogen and oxygen atoms in total. The number of rotatable bonds is 6. The molecule has 1 fully saturated rings. The molecule has 0 spiro atoms. The molecule has 1 aliphatic rings. The zero-order chi connectivity index (χ0) is 16.9. The third-order valence-electron chi connectivity index (χ3n) is 4.21.